The number of fused-ring (bicyclic) bond motifs is 1. The normalized spacial score (nSPS) is 11.0. The molecule has 0 fully saturated rings. The van der Waals surface area contributed by atoms with Crippen LogP contribution < -0.4 is 5.32 Å². The Morgan fingerprint density at radius 1 is 1.22 bits per heavy atom. The standard InChI is InChI=1S/C18H14ClN5O2S/c19-12-3-5-13(6-4-12)24-17-15(9-23-24)18(22-11-21-17)27-10-16(25)20-8-14-2-1-7-26-14/h1-7,9,11H,8,10H2,(H,20,25). The summed E-state index contributed by atoms with van der Waals surface area (Å²) in [5, 5.41) is 9.35. The number of hydrogen-bond acceptors (Lipinski definition) is 6. The number of aromatic nitrogens is 4. The van der Waals surface area contributed by atoms with Gasteiger partial charge in [-0.3, -0.25) is 4.79 Å². The van der Waals surface area contributed by atoms with E-state index in [-0.39, 0.29) is 11.7 Å². The molecule has 0 aliphatic carbocycles. The number of hydrogen-bond donors (Lipinski definition) is 1. The van der Waals surface area contributed by atoms with Crippen LogP contribution in [0.15, 0.2) is 64.6 Å². The minimum Gasteiger partial charge on any atom is -0.467 e. The Balaban J connectivity index is 1.48. The van der Waals surface area contributed by atoms with Gasteiger partial charge in [0, 0.05) is 5.02 Å². The van der Waals surface area contributed by atoms with Gasteiger partial charge < -0.3 is 9.73 Å². The highest BCUT2D eigenvalue weighted by molar-refractivity contribution is 8.00. The summed E-state index contributed by atoms with van der Waals surface area (Å²) in [6, 6.07) is 10.9. The third kappa shape index (κ3) is 3.96. The van der Waals surface area contributed by atoms with Gasteiger partial charge in [0.15, 0.2) is 5.65 Å². The van der Waals surface area contributed by atoms with Crippen LogP contribution in [0, 0.1) is 0 Å². The monoisotopic (exact) mass is 399 g/mol. The van der Waals surface area contributed by atoms with Gasteiger partial charge in [-0.25, -0.2) is 14.6 Å². The summed E-state index contributed by atoms with van der Waals surface area (Å²) in [5.74, 6) is 0.842. The molecule has 4 aromatic rings. The average molecular weight is 400 g/mol. The molecule has 136 valence electrons. The van der Waals surface area contributed by atoms with Crippen LogP contribution in [0.1, 0.15) is 5.76 Å². The van der Waals surface area contributed by atoms with E-state index >= 15 is 0 Å². The second-order valence-corrected chi connectivity index (χ2v) is 6.99. The lowest BCUT2D eigenvalue weighted by molar-refractivity contribution is -0.118. The number of amides is 1. The number of benzene rings is 1. The number of rotatable bonds is 6. The number of thioether (sulfide) groups is 1. The van der Waals surface area contributed by atoms with E-state index in [1.165, 1.54) is 18.1 Å². The van der Waals surface area contributed by atoms with Gasteiger partial charge in [-0.1, -0.05) is 23.4 Å². The van der Waals surface area contributed by atoms with Crippen LogP contribution in [0.3, 0.4) is 0 Å². The van der Waals surface area contributed by atoms with Crippen molar-refractivity contribution < 1.29 is 9.21 Å². The second-order valence-electron chi connectivity index (χ2n) is 5.59. The third-order valence-corrected chi connectivity index (χ3v) is 5.04. The molecular formula is C18H14ClN5O2S. The Morgan fingerprint density at radius 3 is 2.85 bits per heavy atom. The van der Waals surface area contributed by atoms with Crippen LogP contribution in [0.5, 0.6) is 0 Å². The highest BCUT2D eigenvalue weighted by Gasteiger charge is 2.13. The van der Waals surface area contributed by atoms with E-state index < -0.39 is 0 Å². The van der Waals surface area contributed by atoms with Crippen molar-refractivity contribution in [3.8, 4) is 5.69 Å². The summed E-state index contributed by atoms with van der Waals surface area (Å²) < 4.78 is 6.91. The lowest BCUT2D eigenvalue weighted by Crippen LogP contribution is -2.24. The Morgan fingerprint density at radius 2 is 2.07 bits per heavy atom. The largest absolute Gasteiger partial charge is 0.467 e. The van der Waals surface area contributed by atoms with Crippen molar-refractivity contribution >= 4 is 40.3 Å². The molecule has 9 heteroatoms. The van der Waals surface area contributed by atoms with Crippen molar-refractivity contribution in [2.24, 2.45) is 0 Å². The molecule has 3 aromatic heterocycles. The molecule has 27 heavy (non-hydrogen) atoms. The quantitative estimate of drug-likeness (QED) is 0.394. The minimum absolute atomic E-state index is 0.103. The molecular weight excluding hydrogens is 386 g/mol. The summed E-state index contributed by atoms with van der Waals surface area (Å²) in [4.78, 5) is 20.7. The molecule has 7 nitrogen and oxygen atoms in total. The number of furan rings is 1. The zero-order chi connectivity index (χ0) is 18.6. The predicted octanol–water partition coefficient (Wildman–Crippen LogP) is 3.47. The van der Waals surface area contributed by atoms with E-state index in [2.05, 4.69) is 20.4 Å². The molecule has 0 saturated heterocycles. The maximum atomic E-state index is 12.1. The fourth-order valence-corrected chi connectivity index (χ4v) is 3.41. The van der Waals surface area contributed by atoms with Gasteiger partial charge in [-0.2, -0.15) is 5.10 Å². The first-order chi connectivity index (χ1) is 13.2. The molecule has 0 atom stereocenters. The summed E-state index contributed by atoms with van der Waals surface area (Å²) in [7, 11) is 0. The molecule has 0 radical (unpaired) electrons. The number of carbonyl (C=O) groups is 1. The SMILES string of the molecule is O=C(CSc1ncnc2c1cnn2-c1ccc(Cl)cc1)NCc1ccco1. The second kappa shape index (κ2) is 7.81. The van der Waals surface area contributed by atoms with E-state index in [1.54, 1.807) is 35.3 Å². The zero-order valence-corrected chi connectivity index (χ0v) is 15.6. The lowest BCUT2D eigenvalue weighted by Gasteiger charge is -2.05. The Kier molecular flexibility index (Phi) is 5.08. The number of carbonyl (C=O) groups excluding carboxylic acids is 1. The molecule has 0 aliphatic rings. The zero-order valence-electron chi connectivity index (χ0n) is 14.0. The topological polar surface area (TPSA) is 85.8 Å². The third-order valence-electron chi connectivity index (χ3n) is 3.78. The molecule has 0 unspecified atom stereocenters. The van der Waals surface area contributed by atoms with Crippen molar-refractivity contribution in [2.45, 2.75) is 11.6 Å². The van der Waals surface area contributed by atoms with Crippen molar-refractivity contribution in [1.29, 1.82) is 0 Å². The van der Waals surface area contributed by atoms with Gasteiger partial charge >= 0.3 is 0 Å². The summed E-state index contributed by atoms with van der Waals surface area (Å²) in [6.07, 6.45) is 4.75. The molecule has 0 aliphatic heterocycles. The maximum Gasteiger partial charge on any atom is 0.230 e. The van der Waals surface area contributed by atoms with Gasteiger partial charge in [0.25, 0.3) is 0 Å². The van der Waals surface area contributed by atoms with Crippen molar-refractivity contribution in [2.75, 3.05) is 5.75 Å². The van der Waals surface area contributed by atoms with E-state index in [4.69, 9.17) is 16.0 Å². The average Bonchev–Trinajstić information content (AvgIpc) is 3.35. The van der Waals surface area contributed by atoms with Crippen LogP contribution in [-0.2, 0) is 11.3 Å². The van der Waals surface area contributed by atoms with Gasteiger partial charge in [0.1, 0.15) is 17.1 Å². The number of nitrogens with one attached hydrogen (secondary N) is 1. The van der Waals surface area contributed by atoms with Crippen LogP contribution in [0.4, 0.5) is 0 Å². The van der Waals surface area contributed by atoms with Crippen LogP contribution >= 0.6 is 23.4 Å². The van der Waals surface area contributed by atoms with Gasteiger partial charge in [0.05, 0.1) is 35.8 Å². The highest BCUT2D eigenvalue weighted by Crippen LogP contribution is 2.26. The fraction of sp³-hybridized carbons (Fsp3) is 0.111. The van der Waals surface area contributed by atoms with Gasteiger partial charge in [-0.05, 0) is 36.4 Å². The summed E-state index contributed by atoms with van der Waals surface area (Å²) in [6.45, 7) is 0.361. The first kappa shape index (κ1) is 17.6. The molecule has 4 rings (SSSR count). The Hall–Kier alpha value is -2.84. The molecule has 1 aromatic carbocycles. The van der Waals surface area contributed by atoms with Crippen molar-refractivity contribution in [3.63, 3.8) is 0 Å². The van der Waals surface area contributed by atoms with Crippen LogP contribution in [0.2, 0.25) is 5.02 Å². The van der Waals surface area contributed by atoms with Gasteiger partial charge in [0.2, 0.25) is 5.91 Å². The number of halogens is 1. The number of nitrogens with zero attached hydrogens (tertiary/aromatic N) is 4. The van der Waals surface area contributed by atoms with Crippen molar-refractivity contribution in [3.05, 3.63) is 66.0 Å². The Labute approximate surface area is 163 Å². The molecule has 0 bridgehead atoms. The molecule has 0 spiro atoms. The van der Waals surface area contributed by atoms with Gasteiger partial charge in [-0.15, -0.1) is 0 Å². The van der Waals surface area contributed by atoms with E-state index in [1.807, 2.05) is 18.2 Å². The predicted molar refractivity (Wildman–Crippen MR) is 103 cm³/mol. The first-order valence-corrected chi connectivity index (χ1v) is 9.43. The van der Waals surface area contributed by atoms with Crippen molar-refractivity contribution in [1.82, 2.24) is 25.1 Å². The first-order valence-electron chi connectivity index (χ1n) is 8.07. The highest BCUT2D eigenvalue weighted by atomic mass is 35.5. The molecule has 1 N–H and O–H groups in total. The van der Waals surface area contributed by atoms with Crippen LogP contribution in [0.25, 0.3) is 16.7 Å². The summed E-state index contributed by atoms with van der Waals surface area (Å²) in [5.41, 5.74) is 1.52. The molecule has 0 saturated carbocycles. The maximum absolute atomic E-state index is 12.1. The molecule has 3 heterocycles. The van der Waals surface area contributed by atoms with Crippen LogP contribution in [-0.4, -0.2) is 31.4 Å². The smallest absolute Gasteiger partial charge is 0.230 e. The Bertz CT molecular complexity index is 1060. The summed E-state index contributed by atoms with van der Waals surface area (Å²) >= 11 is 7.28. The van der Waals surface area contributed by atoms with E-state index in [9.17, 15) is 4.79 Å². The lowest BCUT2D eigenvalue weighted by atomic mass is 10.3. The fourth-order valence-electron chi connectivity index (χ4n) is 2.49. The van der Waals surface area contributed by atoms with E-state index in [0.29, 0.717) is 28.0 Å². The minimum atomic E-state index is -0.103. The van der Waals surface area contributed by atoms with E-state index in [0.717, 1.165) is 11.1 Å². The molecule has 1 amide bonds.